The van der Waals surface area contributed by atoms with Gasteiger partial charge in [0.05, 0.1) is 18.2 Å². The van der Waals surface area contributed by atoms with Crippen molar-refractivity contribution in [2.24, 2.45) is 0 Å². The zero-order valence-corrected chi connectivity index (χ0v) is 20.5. The summed E-state index contributed by atoms with van der Waals surface area (Å²) in [6.07, 6.45) is 0. The number of benzene rings is 2. The van der Waals surface area contributed by atoms with Crippen molar-refractivity contribution in [3.05, 3.63) is 64.7 Å². The molecule has 1 saturated heterocycles. The number of carbonyl (C=O) groups excluding carboxylic acids is 1. The van der Waals surface area contributed by atoms with Crippen LogP contribution in [0.15, 0.2) is 53.7 Å². The van der Waals surface area contributed by atoms with Crippen molar-refractivity contribution in [2.75, 3.05) is 46.9 Å². The molecule has 0 spiro atoms. The molecule has 3 aromatic rings. The molecule has 0 bridgehead atoms. The second kappa shape index (κ2) is 11.2. The Morgan fingerprint density at radius 2 is 1.79 bits per heavy atom. The molecule has 1 aliphatic rings. The summed E-state index contributed by atoms with van der Waals surface area (Å²) in [5.41, 5.74) is 2.58. The van der Waals surface area contributed by atoms with Gasteiger partial charge in [0.2, 0.25) is 0 Å². The minimum absolute atomic E-state index is 0.0944. The third-order valence-electron chi connectivity index (χ3n) is 5.75. The number of rotatable bonds is 8. The molecule has 0 aliphatic carbocycles. The lowest BCUT2D eigenvalue weighted by molar-refractivity contribution is 0.0663. The molecule has 0 saturated carbocycles. The Kier molecular flexibility index (Phi) is 8.03. The number of hydrogen-bond acceptors (Lipinski definition) is 6. The van der Waals surface area contributed by atoms with E-state index in [1.54, 1.807) is 18.9 Å². The van der Waals surface area contributed by atoms with Gasteiger partial charge in [0.25, 0.3) is 5.91 Å². The minimum atomic E-state index is 0.0944. The standard InChI is InChI=1S/C24H28ClN5O2S/c1-28-11-13-29(14-12-28)23(31)19-8-4-3-7-18(19)17-33-24-27-26-22(30(24)15-16-32-2)20-9-5-6-10-21(20)25/h3-10H,11-17H2,1-2H3. The van der Waals surface area contributed by atoms with Crippen LogP contribution in [0.3, 0.4) is 0 Å². The number of nitrogens with zero attached hydrogens (tertiary/aromatic N) is 5. The third-order valence-corrected chi connectivity index (χ3v) is 7.09. The van der Waals surface area contributed by atoms with E-state index in [1.807, 2.05) is 58.0 Å². The Morgan fingerprint density at radius 1 is 1.06 bits per heavy atom. The highest BCUT2D eigenvalue weighted by Crippen LogP contribution is 2.31. The second-order valence-corrected chi connectivity index (χ2v) is 9.32. The molecule has 0 radical (unpaired) electrons. The van der Waals surface area contributed by atoms with Gasteiger partial charge in [-0.2, -0.15) is 0 Å². The number of aromatic nitrogens is 3. The highest BCUT2D eigenvalue weighted by molar-refractivity contribution is 7.98. The Balaban J connectivity index is 1.55. The van der Waals surface area contributed by atoms with E-state index in [9.17, 15) is 4.79 Å². The summed E-state index contributed by atoms with van der Waals surface area (Å²) in [5.74, 6) is 1.42. The van der Waals surface area contributed by atoms with E-state index >= 15 is 0 Å². The molecule has 2 heterocycles. The van der Waals surface area contributed by atoms with Gasteiger partial charge >= 0.3 is 0 Å². The van der Waals surface area contributed by atoms with Crippen molar-refractivity contribution in [3.63, 3.8) is 0 Å². The Morgan fingerprint density at radius 3 is 2.55 bits per heavy atom. The lowest BCUT2D eigenvalue weighted by Gasteiger charge is -2.32. The molecule has 7 nitrogen and oxygen atoms in total. The first-order valence-electron chi connectivity index (χ1n) is 10.9. The highest BCUT2D eigenvalue weighted by atomic mass is 35.5. The molecule has 0 unspecified atom stereocenters. The molecule has 4 rings (SSSR count). The van der Waals surface area contributed by atoms with Gasteiger partial charge in [-0.05, 0) is 30.8 Å². The van der Waals surface area contributed by atoms with Gasteiger partial charge in [-0.3, -0.25) is 9.36 Å². The van der Waals surface area contributed by atoms with Crippen LogP contribution in [0.1, 0.15) is 15.9 Å². The summed E-state index contributed by atoms with van der Waals surface area (Å²) in [4.78, 5) is 17.4. The van der Waals surface area contributed by atoms with Crippen molar-refractivity contribution in [1.29, 1.82) is 0 Å². The van der Waals surface area contributed by atoms with Crippen LogP contribution in [0.4, 0.5) is 0 Å². The maximum atomic E-state index is 13.2. The number of thioether (sulfide) groups is 1. The molecule has 1 aliphatic heterocycles. The van der Waals surface area contributed by atoms with Crippen molar-refractivity contribution in [1.82, 2.24) is 24.6 Å². The summed E-state index contributed by atoms with van der Waals surface area (Å²) in [5, 5.41) is 10.3. The lowest BCUT2D eigenvalue weighted by Crippen LogP contribution is -2.47. The summed E-state index contributed by atoms with van der Waals surface area (Å²) in [6, 6.07) is 15.4. The quantitative estimate of drug-likeness (QED) is 0.450. The van der Waals surface area contributed by atoms with Gasteiger partial charge in [0, 0.05) is 50.2 Å². The molecule has 0 atom stereocenters. The average molecular weight is 486 g/mol. The van der Waals surface area contributed by atoms with Crippen LogP contribution < -0.4 is 0 Å². The summed E-state index contributed by atoms with van der Waals surface area (Å²) in [7, 11) is 3.76. The number of ether oxygens (including phenoxy) is 1. The van der Waals surface area contributed by atoms with Crippen molar-refractivity contribution < 1.29 is 9.53 Å². The number of likely N-dealkylation sites (N-methyl/N-ethyl adjacent to an activating group) is 1. The van der Waals surface area contributed by atoms with Gasteiger partial charge in [-0.1, -0.05) is 53.7 Å². The third kappa shape index (κ3) is 5.58. The summed E-state index contributed by atoms with van der Waals surface area (Å²) >= 11 is 7.98. The predicted octanol–water partition coefficient (Wildman–Crippen LogP) is 3.92. The number of methoxy groups -OCH3 is 1. The fourth-order valence-corrected chi connectivity index (χ4v) is 4.99. The molecule has 1 amide bonds. The monoisotopic (exact) mass is 485 g/mol. The van der Waals surface area contributed by atoms with E-state index in [0.29, 0.717) is 29.8 Å². The number of amides is 1. The SMILES string of the molecule is COCCn1c(SCc2ccccc2C(=O)N2CCN(C)CC2)nnc1-c1ccccc1Cl. The predicted molar refractivity (Wildman–Crippen MR) is 132 cm³/mol. The molecule has 2 aromatic carbocycles. The number of halogens is 1. The van der Waals surface area contributed by atoms with Gasteiger partial charge in [0.1, 0.15) is 0 Å². The Bertz CT molecular complexity index is 1100. The second-order valence-electron chi connectivity index (χ2n) is 7.97. The first-order valence-corrected chi connectivity index (χ1v) is 12.3. The average Bonchev–Trinajstić information content (AvgIpc) is 3.24. The number of carbonyl (C=O) groups is 1. The van der Waals surface area contributed by atoms with E-state index in [-0.39, 0.29) is 5.91 Å². The molecule has 1 fully saturated rings. The molecular formula is C24H28ClN5O2S. The Hall–Kier alpha value is -2.39. The smallest absolute Gasteiger partial charge is 0.254 e. The van der Waals surface area contributed by atoms with Crippen LogP contribution in [0, 0.1) is 0 Å². The van der Waals surface area contributed by atoms with E-state index in [4.69, 9.17) is 16.3 Å². The number of hydrogen-bond donors (Lipinski definition) is 0. The van der Waals surface area contributed by atoms with Crippen LogP contribution >= 0.6 is 23.4 Å². The van der Waals surface area contributed by atoms with Gasteiger partial charge in [0.15, 0.2) is 11.0 Å². The maximum Gasteiger partial charge on any atom is 0.254 e. The van der Waals surface area contributed by atoms with Crippen LogP contribution in [0.2, 0.25) is 5.02 Å². The molecular weight excluding hydrogens is 458 g/mol. The topological polar surface area (TPSA) is 63.5 Å². The summed E-state index contributed by atoms with van der Waals surface area (Å²) < 4.78 is 7.34. The molecule has 174 valence electrons. The fourth-order valence-electron chi connectivity index (χ4n) is 3.80. The van der Waals surface area contributed by atoms with Crippen LogP contribution in [-0.2, 0) is 17.0 Å². The van der Waals surface area contributed by atoms with E-state index in [0.717, 1.165) is 48.0 Å². The van der Waals surface area contributed by atoms with Gasteiger partial charge < -0.3 is 14.5 Å². The minimum Gasteiger partial charge on any atom is -0.383 e. The largest absolute Gasteiger partial charge is 0.383 e. The van der Waals surface area contributed by atoms with Crippen molar-refractivity contribution in [2.45, 2.75) is 17.5 Å². The zero-order chi connectivity index (χ0) is 23.2. The highest BCUT2D eigenvalue weighted by Gasteiger charge is 2.23. The maximum absolute atomic E-state index is 13.2. The van der Waals surface area contributed by atoms with Crippen LogP contribution in [-0.4, -0.2) is 77.4 Å². The molecule has 9 heteroatoms. The Labute approximate surface area is 203 Å². The van der Waals surface area contributed by atoms with Crippen molar-refractivity contribution in [3.8, 4) is 11.4 Å². The van der Waals surface area contributed by atoms with Gasteiger partial charge in [-0.25, -0.2) is 0 Å². The van der Waals surface area contributed by atoms with E-state index in [1.165, 1.54) is 0 Å². The van der Waals surface area contributed by atoms with Crippen molar-refractivity contribution >= 4 is 29.3 Å². The fraction of sp³-hybridized carbons (Fsp3) is 0.375. The van der Waals surface area contributed by atoms with Crippen LogP contribution in [0.5, 0.6) is 0 Å². The first-order chi connectivity index (χ1) is 16.1. The number of piperazine rings is 1. The lowest BCUT2D eigenvalue weighted by atomic mass is 10.1. The van der Waals surface area contributed by atoms with E-state index < -0.39 is 0 Å². The van der Waals surface area contributed by atoms with Gasteiger partial charge in [-0.15, -0.1) is 10.2 Å². The van der Waals surface area contributed by atoms with Crippen LogP contribution in [0.25, 0.3) is 11.4 Å². The molecule has 0 N–H and O–H groups in total. The molecule has 33 heavy (non-hydrogen) atoms. The van der Waals surface area contributed by atoms with E-state index in [2.05, 4.69) is 22.1 Å². The first kappa shape index (κ1) is 23.8. The normalized spacial score (nSPS) is 14.6. The zero-order valence-electron chi connectivity index (χ0n) is 18.9. The summed E-state index contributed by atoms with van der Waals surface area (Å²) in [6.45, 7) is 4.44. The molecule has 1 aromatic heterocycles.